The molecular formula is C30H47N3O3. The minimum atomic E-state index is 0.703. The molecule has 6 heteroatoms. The van der Waals surface area contributed by atoms with Crippen molar-refractivity contribution in [2.75, 3.05) is 79.8 Å². The van der Waals surface area contributed by atoms with Gasteiger partial charge >= 0.3 is 0 Å². The lowest BCUT2D eigenvalue weighted by atomic mass is 9.95. The third-order valence-electron chi connectivity index (χ3n) is 6.99. The number of likely N-dealkylation sites (N-methyl/N-ethyl adjacent to an activating group) is 2. The van der Waals surface area contributed by atoms with Crippen LogP contribution < -0.4 is 14.8 Å². The first-order chi connectivity index (χ1) is 17.6. The van der Waals surface area contributed by atoms with Crippen LogP contribution in [0.4, 0.5) is 0 Å². The van der Waals surface area contributed by atoms with Gasteiger partial charge in [-0.3, -0.25) is 0 Å². The zero-order valence-corrected chi connectivity index (χ0v) is 23.0. The molecular weight excluding hydrogens is 450 g/mol. The summed E-state index contributed by atoms with van der Waals surface area (Å²) in [7, 11) is 4.08. The van der Waals surface area contributed by atoms with Crippen molar-refractivity contribution in [1.29, 1.82) is 0 Å². The molecule has 2 aromatic carbocycles. The van der Waals surface area contributed by atoms with E-state index in [1.165, 1.54) is 48.2 Å². The Morgan fingerprint density at radius 3 is 2.03 bits per heavy atom. The molecule has 0 aromatic heterocycles. The van der Waals surface area contributed by atoms with Crippen molar-refractivity contribution in [3.8, 4) is 22.6 Å². The SMILES string of the molecule is CNCCOCCN(C)CCCOc1cccc(-c2cccc(OCCCN3CCCC3)c2C)c1C. The highest BCUT2D eigenvalue weighted by atomic mass is 16.5. The molecule has 1 saturated heterocycles. The highest BCUT2D eigenvalue weighted by Gasteiger charge is 2.13. The molecule has 200 valence electrons. The van der Waals surface area contributed by atoms with Crippen LogP contribution in [0.5, 0.6) is 11.5 Å². The summed E-state index contributed by atoms with van der Waals surface area (Å²) in [6, 6.07) is 12.7. The van der Waals surface area contributed by atoms with Crippen LogP contribution in [0.1, 0.15) is 36.8 Å². The Balaban J connectivity index is 1.48. The van der Waals surface area contributed by atoms with Crippen LogP contribution in [-0.2, 0) is 4.74 Å². The topological polar surface area (TPSA) is 46.2 Å². The van der Waals surface area contributed by atoms with Crippen molar-refractivity contribution < 1.29 is 14.2 Å². The third-order valence-corrected chi connectivity index (χ3v) is 6.99. The predicted octanol–water partition coefficient (Wildman–Crippen LogP) is 4.77. The monoisotopic (exact) mass is 497 g/mol. The van der Waals surface area contributed by atoms with Crippen LogP contribution >= 0.6 is 0 Å². The number of hydrogen-bond donors (Lipinski definition) is 1. The Hall–Kier alpha value is -2.12. The predicted molar refractivity (Wildman–Crippen MR) is 149 cm³/mol. The molecule has 0 radical (unpaired) electrons. The average Bonchev–Trinajstić information content (AvgIpc) is 3.40. The lowest BCUT2D eigenvalue weighted by Crippen LogP contribution is -2.26. The zero-order chi connectivity index (χ0) is 25.6. The summed E-state index contributed by atoms with van der Waals surface area (Å²) < 4.78 is 18.0. The van der Waals surface area contributed by atoms with Crippen LogP contribution in [0, 0.1) is 13.8 Å². The van der Waals surface area contributed by atoms with E-state index in [1.54, 1.807) is 0 Å². The zero-order valence-electron chi connectivity index (χ0n) is 23.0. The Bertz CT molecular complexity index is 899. The first kappa shape index (κ1) is 28.5. The number of benzene rings is 2. The summed E-state index contributed by atoms with van der Waals surface area (Å²) in [4.78, 5) is 4.84. The molecule has 1 N–H and O–H groups in total. The van der Waals surface area contributed by atoms with Gasteiger partial charge in [-0.2, -0.15) is 0 Å². The lowest BCUT2D eigenvalue weighted by molar-refractivity contribution is 0.112. The summed E-state index contributed by atoms with van der Waals surface area (Å²) in [5.41, 5.74) is 4.80. The second-order valence-electron chi connectivity index (χ2n) is 9.83. The molecule has 0 spiro atoms. The van der Waals surface area contributed by atoms with Crippen LogP contribution in [0.2, 0.25) is 0 Å². The lowest BCUT2D eigenvalue weighted by Gasteiger charge is -2.19. The molecule has 0 saturated carbocycles. The number of nitrogens with zero attached hydrogens (tertiary/aromatic N) is 2. The van der Waals surface area contributed by atoms with Gasteiger partial charge in [0.15, 0.2) is 0 Å². The third kappa shape index (κ3) is 9.07. The fraction of sp³-hybridized carbons (Fsp3) is 0.600. The summed E-state index contributed by atoms with van der Waals surface area (Å²) in [6.45, 7) is 13.8. The van der Waals surface area contributed by atoms with E-state index in [2.05, 4.69) is 72.4 Å². The van der Waals surface area contributed by atoms with Crippen molar-refractivity contribution in [2.45, 2.75) is 39.5 Å². The van der Waals surface area contributed by atoms with Gasteiger partial charge in [0.25, 0.3) is 0 Å². The van der Waals surface area contributed by atoms with Crippen molar-refractivity contribution in [3.05, 3.63) is 47.5 Å². The molecule has 0 unspecified atom stereocenters. The molecule has 0 aliphatic carbocycles. The van der Waals surface area contributed by atoms with Crippen LogP contribution in [0.15, 0.2) is 36.4 Å². The molecule has 1 fully saturated rings. The summed E-state index contributed by atoms with van der Waals surface area (Å²) in [5, 5.41) is 3.09. The largest absolute Gasteiger partial charge is 0.493 e. The van der Waals surface area contributed by atoms with Crippen molar-refractivity contribution >= 4 is 0 Å². The van der Waals surface area contributed by atoms with E-state index in [0.717, 1.165) is 70.3 Å². The summed E-state index contributed by atoms with van der Waals surface area (Å²) in [6.07, 6.45) is 4.74. The van der Waals surface area contributed by atoms with Gasteiger partial charge in [0, 0.05) is 26.2 Å². The van der Waals surface area contributed by atoms with E-state index in [1.807, 2.05) is 7.05 Å². The van der Waals surface area contributed by atoms with E-state index in [9.17, 15) is 0 Å². The Labute approximate surface area is 218 Å². The maximum atomic E-state index is 6.20. The normalized spacial score (nSPS) is 14.0. The van der Waals surface area contributed by atoms with E-state index >= 15 is 0 Å². The van der Waals surface area contributed by atoms with E-state index in [4.69, 9.17) is 14.2 Å². The van der Waals surface area contributed by atoms with Crippen LogP contribution in [0.25, 0.3) is 11.1 Å². The van der Waals surface area contributed by atoms with Gasteiger partial charge in [0.1, 0.15) is 11.5 Å². The number of rotatable bonds is 17. The number of ether oxygens (including phenoxy) is 3. The second kappa shape index (κ2) is 15.9. The van der Waals surface area contributed by atoms with E-state index < -0.39 is 0 Å². The highest BCUT2D eigenvalue weighted by molar-refractivity contribution is 5.74. The molecule has 36 heavy (non-hydrogen) atoms. The van der Waals surface area contributed by atoms with Gasteiger partial charge < -0.3 is 29.3 Å². The standard InChI is InChI=1S/C30H47N3O3/c1-25-27(11-7-13-29(25)35-21-9-16-32(4)20-24-34-23-15-31-3)28-12-8-14-30(26(28)2)36-22-10-19-33-17-5-6-18-33/h7-8,11-14,31H,5-6,9-10,15-24H2,1-4H3. The van der Waals surface area contributed by atoms with Gasteiger partial charge in [0.2, 0.25) is 0 Å². The highest BCUT2D eigenvalue weighted by Crippen LogP contribution is 2.35. The van der Waals surface area contributed by atoms with E-state index in [0.29, 0.717) is 6.61 Å². The molecule has 1 aliphatic heterocycles. The van der Waals surface area contributed by atoms with Gasteiger partial charge in [-0.15, -0.1) is 0 Å². The number of nitrogens with one attached hydrogen (secondary N) is 1. The van der Waals surface area contributed by atoms with Crippen LogP contribution in [-0.4, -0.2) is 89.6 Å². The first-order valence-corrected chi connectivity index (χ1v) is 13.7. The van der Waals surface area contributed by atoms with E-state index in [-0.39, 0.29) is 0 Å². The number of hydrogen-bond acceptors (Lipinski definition) is 6. The van der Waals surface area contributed by atoms with Crippen molar-refractivity contribution in [3.63, 3.8) is 0 Å². The van der Waals surface area contributed by atoms with Crippen LogP contribution in [0.3, 0.4) is 0 Å². The Kier molecular flexibility index (Phi) is 12.5. The Morgan fingerprint density at radius 1 is 0.806 bits per heavy atom. The fourth-order valence-corrected chi connectivity index (χ4v) is 4.73. The molecule has 0 atom stereocenters. The van der Waals surface area contributed by atoms with Gasteiger partial charge in [-0.1, -0.05) is 24.3 Å². The summed E-state index contributed by atoms with van der Waals surface area (Å²) >= 11 is 0. The van der Waals surface area contributed by atoms with Gasteiger partial charge in [0.05, 0.1) is 26.4 Å². The average molecular weight is 498 g/mol. The molecule has 1 heterocycles. The molecule has 2 aromatic rings. The maximum absolute atomic E-state index is 6.20. The molecule has 3 rings (SSSR count). The smallest absolute Gasteiger partial charge is 0.122 e. The fourth-order valence-electron chi connectivity index (χ4n) is 4.73. The second-order valence-corrected chi connectivity index (χ2v) is 9.83. The molecule has 1 aliphatic rings. The minimum Gasteiger partial charge on any atom is -0.493 e. The minimum absolute atomic E-state index is 0.703. The summed E-state index contributed by atoms with van der Waals surface area (Å²) in [5.74, 6) is 1.94. The quantitative estimate of drug-likeness (QED) is 0.318. The van der Waals surface area contributed by atoms with Crippen molar-refractivity contribution in [1.82, 2.24) is 15.1 Å². The molecule has 0 bridgehead atoms. The molecule has 6 nitrogen and oxygen atoms in total. The maximum Gasteiger partial charge on any atom is 0.122 e. The Morgan fingerprint density at radius 2 is 1.42 bits per heavy atom. The van der Waals surface area contributed by atoms with Gasteiger partial charge in [-0.05, 0) is 101 Å². The van der Waals surface area contributed by atoms with Gasteiger partial charge in [-0.25, -0.2) is 0 Å². The first-order valence-electron chi connectivity index (χ1n) is 13.7. The van der Waals surface area contributed by atoms with Crippen molar-refractivity contribution in [2.24, 2.45) is 0 Å². The number of likely N-dealkylation sites (tertiary alicyclic amines) is 1. The molecule has 0 amide bonds.